The van der Waals surface area contributed by atoms with E-state index < -0.39 is 22.0 Å². The number of hydrogen-bond acceptors (Lipinski definition) is 4. The fourth-order valence-corrected chi connectivity index (χ4v) is 4.98. The molecule has 170 valence electrons. The second kappa shape index (κ2) is 11.1. The first kappa shape index (κ1) is 25.3. The molecule has 0 aliphatic heterocycles. The van der Waals surface area contributed by atoms with E-state index in [-0.39, 0.29) is 35.3 Å². The van der Waals surface area contributed by atoms with Gasteiger partial charge in [-0.25, -0.2) is 8.42 Å². The highest BCUT2D eigenvalue weighted by atomic mass is 35.5. The maximum absolute atomic E-state index is 12.9. The van der Waals surface area contributed by atoms with Gasteiger partial charge in [0.25, 0.3) is 0 Å². The van der Waals surface area contributed by atoms with Crippen molar-refractivity contribution in [2.45, 2.75) is 39.2 Å². The third-order valence-electron chi connectivity index (χ3n) is 4.63. The SMILES string of the molecule is CC[C@H](C(=O)NCCOc1ccccc1C(C)C)N(c1cc(Cl)cc(Cl)c1)S(C)(=O)=O. The van der Waals surface area contributed by atoms with Gasteiger partial charge in [0.15, 0.2) is 0 Å². The number of benzene rings is 2. The maximum Gasteiger partial charge on any atom is 0.244 e. The Kier molecular flexibility index (Phi) is 9.03. The third kappa shape index (κ3) is 7.02. The first-order chi connectivity index (χ1) is 14.5. The van der Waals surface area contributed by atoms with Crippen molar-refractivity contribution in [1.29, 1.82) is 0 Å². The molecule has 1 N–H and O–H groups in total. The summed E-state index contributed by atoms with van der Waals surface area (Å²) in [4.78, 5) is 12.9. The van der Waals surface area contributed by atoms with Crippen molar-refractivity contribution in [2.24, 2.45) is 0 Å². The van der Waals surface area contributed by atoms with Crippen LogP contribution >= 0.6 is 23.2 Å². The molecule has 1 atom stereocenters. The Morgan fingerprint density at radius 2 is 1.74 bits per heavy atom. The van der Waals surface area contributed by atoms with Crippen LogP contribution in [0.2, 0.25) is 10.0 Å². The van der Waals surface area contributed by atoms with Crippen molar-refractivity contribution >= 4 is 44.8 Å². The number of carbonyl (C=O) groups excluding carboxylic acids is 1. The van der Waals surface area contributed by atoms with E-state index in [9.17, 15) is 13.2 Å². The normalized spacial score (nSPS) is 12.5. The molecule has 0 saturated heterocycles. The largest absolute Gasteiger partial charge is 0.491 e. The fraction of sp³-hybridized carbons (Fsp3) is 0.409. The van der Waals surface area contributed by atoms with Crippen LogP contribution in [0.1, 0.15) is 38.7 Å². The minimum absolute atomic E-state index is 0.232. The lowest BCUT2D eigenvalue weighted by Gasteiger charge is -2.30. The van der Waals surface area contributed by atoms with Gasteiger partial charge in [-0.05, 0) is 42.2 Å². The number of nitrogens with zero attached hydrogens (tertiary/aromatic N) is 1. The number of hydrogen-bond donors (Lipinski definition) is 1. The average Bonchev–Trinajstić information content (AvgIpc) is 2.67. The number of nitrogens with one attached hydrogen (secondary N) is 1. The third-order valence-corrected chi connectivity index (χ3v) is 6.25. The highest BCUT2D eigenvalue weighted by Gasteiger charge is 2.31. The molecule has 9 heteroatoms. The predicted molar refractivity (Wildman–Crippen MR) is 127 cm³/mol. The summed E-state index contributed by atoms with van der Waals surface area (Å²) in [5.74, 6) is 0.651. The Morgan fingerprint density at radius 3 is 2.29 bits per heavy atom. The smallest absolute Gasteiger partial charge is 0.244 e. The van der Waals surface area contributed by atoms with Crippen LogP contribution in [0.25, 0.3) is 0 Å². The zero-order valence-electron chi connectivity index (χ0n) is 18.1. The van der Waals surface area contributed by atoms with Crippen molar-refractivity contribution in [1.82, 2.24) is 5.32 Å². The van der Waals surface area contributed by atoms with Gasteiger partial charge in [0.05, 0.1) is 18.5 Å². The molecule has 0 aliphatic carbocycles. The van der Waals surface area contributed by atoms with Crippen LogP contribution in [0.5, 0.6) is 5.75 Å². The van der Waals surface area contributed by atoms with Crippen molar-refractivity contribution in [3.63, 3.8) is 0 Å². The maximum atomic E-state index is 12.9. The molecule has 1 amide bonds. The van der Waals surface area contributed by atoms with Crippen LogP contribution in [0.3, 0.4) is 0 Å². The first-order valence-corrected chi connectivity index (χ1v) is 12.6. The van der Waals surface area contributed by atoms with Crippen LogP contribution in [-0.2, 0) is 14.8 Å². The molecule has 0 saturated carbocycles. The monoisotopic (exact) mass is 486 g/mol. The van der Waals surface area contributed by atoms with E-state index in [2.05, 4.69) is 19.2 Å². The Labute approximate surface area is 194 Å². The van der Waals surface area contributed by atoms with Gasteiger partial charge in [-0.1, -0.05) is 62.2 Å². The van der Waals surface area contributed by atoms with Crippen LogP contribution in [0, 0.1) is 0 Å². The van der Waals surface area contributed by atoms with Crippen LogP contribution in [0.15, 0.2) is 42.5 Å². The summed E-state index contributed by atoms with van der Waals surface area (Å²) < 4.78 is 31.9. The molecule has 0 aliphatic rings. The Hall–Kier alpha value is -1.96. The number of anilines is 1. The lowest BCUT2D eigenvalue weighted by atomic mass is 10.0. The predicted octanol–water partition coefficient (Wildman–Crippen LogP) is 4.86. The molecule has 0 unspecified atom stereocenters. The summed E-state index contributed by atoms with van der Waals surface area (Å²) in [7, 11) is -3.77. The summed E-state index contributed by atoms with van der Waals surface area (Å²) in [5.41, 5.74) is 1.32. The lowest BCUT2D eigenvalue weighted by Crippen LogP contribution is -2.50. The van der Waals surface area contributed by atoms with Gasteiger partial charge in [0.2, 0.25) is 15.9 Å². The van der Waals surface area contributed by atoms with E-state index in [1.54, 1.807) is 6.92 Å². The van der Waals surface area contributed by atoms with Crippen molar-refractivity contribution in [3.05, 3.63) is 58.1 Å². The number of sulfonamides is 1. The van der Waals surface area contributed by atoms with Gasteiger partial charge in [-0.15, -0.1) is 0 Å². The summed E-state index contributed by atoms with van der Waals surface area (Å²) in [6.45, 7) is 6.39. The topological polar surface area (TPSA) is 75.7 Å². The highest BCUT2D eigenvalue weighted by molar-refractivity contribution is 7.92. The van der Waals surface area contributed by atoms with Gasteiger partial charge in [-0.2, -0.15) is 0 Å². The molecular weight excluding hydrogens is 459 g/mol. The van der Waals surface area contributed by atoms with E-state index in [4.69, 9.17) is 27.9 Å². The molecule has 2 aromatic rings. The van der Waals surface area contributed by atoms with Gasteiger partial charge < -0.3 is 10.1 Å². The van der Waals surface area contributed by atoms with Gasteiger partial charge in [-0.3, -0.25) is 9.10 Å². The van der Waals surface area contributed by atoms with E-state index in [0.717, 1.165) is 21.9 Å². The lowest BCUT2D eigenvalue weighted by molar-refractivity contribution is -0.122. The molecule has 31 heavy (non-hydrogen) atoms. The second-order valence-corrected chi connectivity index (χ2v) is 10.2. The summed E-state index contributed by atoms with van der Waals surface area (Å²) >= 11 is 12.1. The van der Waals surface area contributed by atoms with Gasteiger partial charge >= 0.3 is 0 Å². The fourth-order valence-electron chi connectivity index (χ4n) is 3.27. The number of para-hydroxylation sites is 1. The molecular formula is C22H28Cl2N2O4S. The summed E-state index contributed by atoms with van der Waals surface area (Å²) in [6, 6.07) is 11.2. The second-order valence-electron chi connectivity index (χ2n) is 7.44. The number of ether oxygens (including phenoxy) is 1. The van der Waals surface area contributed by atoms with Crippen molar-refractivity contribution in [3.8, 4) is 5.75 Å². The average molecular weight is 487 g/mol. The molecule has 2 aromatic carbocycles. The molecule has 0 aromatic heterocycles. The van der Waals surface area contributed by atoms with Crippen LogP contribution in [-0.4, -0.2) is 39.8 Å². The zero-order valence-corrected chi connectivity index (χ0v) is 20.4. The Bertz CT molecular complexity index is 992. The quantitative estimate of drug-likeness (QED) is 0.486. The molecule has 2 rings (SSSR count). The van der Waals surface area contributed by atoms with E-state index >= 15 is 0 Å². The minimum atomic E-state index is -3.77. The molecule has 0 spiro atoms. The number of rotatable bonds is 10. The zero-order chi connectivity index (χ0) is 23.2. The van der Waals surface area contributed by atoms with Gasteiger partial charge in [0.1, 0.15) is 18.4 Å². The van der Waals surface area contributed by atoms with Crippen molar-refractivity contribution in [2.75, 3.05) is 23.7 Å². The highest BCUT2D eigenvalue weighted by Crippen LogP contribution is 2.29. The molecule has 0 bridgehead atoms. The minimum Gasteiger partial charge on any atom is -0.491 e. The molecule has 0 radical (unpaired) electrons. The van der Waals surface area contributed by atoms with E-state index in [1.165, 1.54) is 18.2 Å². The summed E-state index contributed by atoms with van der Waals surface area (Å²) in [6.07, 6.45) is 1.31. The van der Waals surface area contributed by atoms with Crippen LogP contribution < -0.4 is 14.4 Å². The van der Waals surface area contributed by atoms with Crippen LogP contribution in [0.4, 0.5) is 5.69 Å². The van der Waals surface area contributed by atoms with Crippen molar-refractivity contribution < 1.29 is 17.9 Å². The van der Waals surface area contributed by atoms with E-state index in [0.29, 0.717) is 5.92 Å². The molecule has 0 fully saturated rings. The van der Waals surface area contributed by atoms with Gasteiger partial charge in [0, 0.05) is 10.0 Å². The number of halogens is 2. The number of carbonyl (C=O) groups is 1. The summed E-state index contributed by atoms with van der Waals surface area (Å²) in [5, 5.41) is 3.33. The first-order valence-electron chi connectivity index (χ1n) is 9.99. The Morgan fingerprint density at radius 1 is 1.13 bits per heavy atom. The number of amides is 1. The van der Waals surface area contributed by atoms with E-state index in [1.807, 2.05) is 24.3 Å². The molecule has 6 nitrogen and oxygen atoms in total. The standard InChI is InChI=1S/C22H28Cl2N2O4S/c1-5-20(26(31(4,28)29)18-13-16(23)12-17(24)14-18)22(27)25-10-11-30-21-9-7-6-8-19(21)15(2)3/h6-9,12-15,20H,5,10-11H2,1-4H3,(H,25,27)/t20-/m1/s1. The molecule has 0 heterocycles. The Balaban J connectivity index is 2.10.